The van der Waals surface area contributed by atoms with E-state index < -0.39 is 0 Å². The fraction of sp³-hybridized carbons (Fsp3) is 0.231. The van der Waals surface area contributed by atoms with Gasteiger partial charge in [-0.25, -0.2) is 0 Å². The average Bonchev–Trinajstić information content (AvgIpc) is 3.01. The molecular formula is C13H14N6O. The summed E-state index contributed by atoms with van der Waals surface area (Å²) in [5, 5.41) is 14.1. The Bertz CT molecular complexity index is 753. The largest absolute Gasteiger partial charge is 0.340 e. The highest BCUT2D eigenvalue weighted by Gasteiger charge is 2.10. The quantitative estimate of drug-likeness (QED) is 0.775. The Kier molecular flexibility index (Phi) is 2.94. The molecule has 0 radical (unpaired) electrons. The van der Waals surface area contributed by atoms with Crippen molar-refractivity contribution in [2.45, 2.75) is 20.4 Å². The number of nitrogens with zero attached hydrogens (tertiary/aromatic N) is 5. The second-order valence-corrected chi connectivity index (χ2v) is 4.62. The highest BCUT2D eigenvalue weighted by Crippen LogP contribution is 2.13. The monoisotopic (exact) mass is 270 g/mol. The maximum absolute atomic E-state index is 12.1. The van der Waals surface area contributed by atoms with Crippen LogP contribution in [0.1, 0.15) is 11.4 Å². The van der Waals surface area contributed by atoms with Crippen LogP contribution in [0.15, 0.2) is 30.5 Å². The predicted molar refractivity (Wildman–Crippen MR) is 73.3 cm³/mol. The van der Waals surface area contributed by atoms with Gasteiger partial charge in [0.15, 0.2) is 0 Å². The molecule has 0 saturated heterocycles. The standard InChI is InChI=1S/C13H14N6O/c1-9-5-6-10(2)18(9)8-12(20)14-11-4-3-7-19-13(11)15-16-17-19/h3-7H,8H2,1-2H3,(H,14,20). The number of anilines is 1. The van der Waals surface area contributed by atoms with Gasteiger partial charge in [-0.05, 0) is 48.5 Å². The van der Waals surface area contributed by atoms with Crippen LogP contribution in [0.5, 0.6) is 0 Å². The Morgan fingerprint density at radius 1 is 1.25 bits per heavy atom. The first-order valence-corrected chi connectivity index (χ1v) is 6.24. The summed E-state index contributed by atoms with van der Waals surface area (Å²) in [6.45, 7) is 4.22. The van der Waals surface area contributed by atoms with Gasteiger partial charge in [0, 0.05) is 17.6 Å². The number of carbonyl (C=O) groups excluding carboxylic acids is 1. The zero-order valence-corrected chi connectivity index (χ0v) is 11.2. The first-order chi connectivity index (χ1) is 9.65. The number of rotatable bonds is 3. The topological polar surface area (TPSA) is 77.1 Å². The summed E-state index contributed by atoms with van der Waals surface area (Å²) < 4.78 is 3.47. The van der Waals surface area contributed by atoms with E-state index in [4.69, 9.17) is 0 Å². The molecule has 0 aliphatic heterocycles. The van der Waals surface area contributed by atoms with Crippen LogP contribution < -0.4 is 5.32 Å². The van der Waals surface area contributed by atoms with E-state index in [0.29, 0.717) is 11.3 Å². The van der Waals surface area contributed by atoms with Gasteiger partial charge < -0.3 is 9.88 Å². The van der Waals surface area contributed by atoms with Crippen molar-refractivity contribution in [3.8, 4) is 0 Å². The summed E-state index contributed by atoms with van der Waals surface area (Å²) in [6.07, 6.45) is 1.73. The van der Waals surface area contributed by atoms with Gasteiger partial charge in [0.25, 0.3) is 0 Å². The van der Waals surface area contributed by atoms with Crippen molar-refractivity contribution in [3.63, 3.8) is 0 Å². The minimum absolute atomic E-state index is 0.108. The molecule has 3 aromatic rings. The predicted octanol–water partition coefficient (Wildman–Crippen LogP) is 1.18. The van der Waals surface area contributed by atoms with Crippen LogP contribution >= 0.6 is 0 Å². The van der Waals surface area contributed by atoms with E-state index in [-0.39, 0.29) is 12.5 Å². The highest BCUT2D eigenvalue weighted by atomic mass is 16.2. The van der Waals surface area contributed by atoms with E-state index in [1.807, 2.05) is 30.5 Å². The lowest BCUT2D eigenvalue weighted by Crippen LogP contribution is -2.20. The zero-order chi connectivity index (χ0) is 14.1. The minimum Gasteiger partial charge on any atom is -0.340 e. The maximum atomic E-state index is 12.1. The highest BCUT2D eigenvalue weighted by molar-refractivity contribution is 5.94. The van der Waals surface area contributed by atoms with Crippen molar-refractivity contribution < 1.29 is 4.79 Å². The lowest BCUT2D eigenvalue weighted by Gasteiger charge is -2.10. The summed E-state index contributed by atoms with van der Waals surface area (Å²) in [6, 6.07) is 7.54. The molecule has 0 aromatic carbocycles. The molecule has 0 atom stereocenters. The Balaban J connectivity index is 1.81. The molecule has 0 aliphatic rings. The van der Waals surface area contributed by atoms with Crippen molar-refractivity contribution in [1.29, 1.82) is 0 Å². The van der Waals surface area contributed by atoms with Crippen LogP contribution in [0, 0.1) is 13.8 Å². The zero-order valence-electron chi connectivity index (χ0n) is 11.2. The van der Waals surface area contributed by atoms with E-state index in [1.165, 1.54) is 4.52 Å². The lowest BCUT2D eigenvalue weighted by atomic mass is 10.4. The third-order valence-electron chi connectivity index (χ3n) is 3.22. The van der Waals surface area contributed by atoms with Crippen LogP contribution in [0.4, 0.5) is 5.69 Å². The summed E-state index contributed by atoms with van der Waals surface area (Å²) in [5.74, 6) is -0.108. The molecule has 20 heavy (non-hydrogen) atoms. The lowest BCUT2D eigenvalue weighted by molar-refractivity contribution is -0.116. The first kappa shape index (κ1) is 12.3. The molecule has 7 nitrogen and oxygen atoms in total. The number of carbonyl (C=O) groups is 1. The van der Waals surface area contributed by atoms with Crippen molar-refractivity contribution >= 4 is 17.2 Å². The summed E-state index contributed by atoms with van der Waals surface area (Å²) in [5.41, 5.74) is 3.24. The molecule has 3 rings (SSSR count). The van der Waals surface area contributed by atoms with E-state index in [9.17, 15) is 4.79 Å². The normalized spacial score (nSPS) is 10.9. The van der Waals surface area contributed by atoms with Gasteiger partial charge in [0.1, 0.15) is 6.54 Å². The number of tetrazole rings is 1. The third kappa shape index (κ3) is 2.13. The fourth-order valence-electron chi connectivity index (χ4n) is 2.15. The minimum atomic E-state index is -0.108. The van der Waals surface area contributed by atoms with Gasteiger partial charge in [-0.3, -0.25) is 4.79 Å². The molecule has 102 valence electrons. The SMILES string of the molecule is Cc1ccc(C)n1CC(=O)Nc1cccn2nnnc12. The molecule has 0 fully saturated rings. The third-order valence-corrected chi connectivity index (χ3v) is 3.22. The molecule has 0 unspecified atom stereocenters. The molecule has 0 bridgehead atoms. The number of aromatic nitrogens is 5. The van der Waals surface area contributed by atoms with E-state index in [1.54, 1.807) is 18.3 Å². The average molecular weight is 270 g/mol. The number of nitrogens with one attached hydrogen (secondary N) is 1. The molecule has 0 saturated carbocycles. The van der Waals surface area contributed by atoms with Crippen LogP contribution in [0.25, 0.3) is 5.65 Å². The Hall–Kier alpha value is -2.70. The number of amides is 1. The fourth-order valence-corrected chi connectivity index (χ4v) is 2.15. The molecule has 1 N–H and O–H groups in total. The maximum Gasteiger partial charge on any atom is 0.244 e. The number of aryl methyl sites for hydroxylation is 2. The van der Waals surface area contributed by atoms with E-state index >= 15 is 0 Å². The summed E-state index contributed by atoms with van der Waals surface area (Å²) in [4.78, 5) is 12.1. The summed E-state index contributed by atoms with van der Waals surface area (Å²) >= 11 is 0. The van der Waals surface area contributed by atoms with Gasteiger partial charge in [-0.2, -0.15) is 4.52 Å². The number of fused-ring (bicyclic) bond motifs is 1. The van der Waals surface area contributed by atoms with Crippen LogP contribution in [-0.4, -0.2) is 30.5 Å². The van der Waals surface area contributed by atoms with Crippen LogP contribution in [0.2, 0.25) is 0 Å². The molecular weight excluding hydrogens is 256 g/mol. The van der Waals surface area contributed by atoms with Crippen molar-refractivity contribution in [2.75, 3.05) is 5.32 Å². The molecule has 0 aliphatic carbocycles. The van der Waals surface area contributed by atoms with Gasteiger partial charge in [-0.15, -0.1) is 5.10 Å². The van der Waals surface area contributed by atoms with Gasteiger partial charge in [-0.1, -0.05) is 0 Å². The molecule has 1 amide bonds. The second kappa shape index (κ2) is 4.76. The number of pyridine rings is 1. The van der Waals surface area contributed by atoms with Gasteiger partial charge >= 0.3 is 0 Å². The van der Waals surface area contributed by atoms with Crippen molar-refractivity contribution in [1.82, 2.24) is 24.6 Å². The van der Waals surface area contributed by atoms with Gasteiger partial charge in [0.05, 0.1) is 5.69 Å². The van der Waals surface area contributed by atoms with E-state index in [2.05, 4.69) is 20.8 Å². The second-order valence-electron chi connectivity index (χ2n) is 4.62. The number of hydrogen-bond acceptors (Lipinski definition) is 4. The van der Waals surface area contributed by atoms with Crippen molar-refractivity contribution in [2.24, 2.45) is 0 Å². The molecule has 3 aromatic heterocycles. The molecule has 7 heteroatoms. The van der Waals surface area contributed by atoms with Crippen molar-refractivity contribution in [3.05, 3.63) is 41.9 Å². The van der Waals surface area contributed by atoms with Crippen LogP contribution in [0.3, 0.4) is 0 Å². The van der Waals surface area contributed by atoms with Gasteiger partial charge in [0.2, 0.25) is 11.6 Å². The Morgan fingerprint density at radius 3 is 2.75 bits per heavy atom. The summed E-state index contributed by atoms with van der Waals surface area (Å²) in [7, 11) is 0. The van der Waals surface area contributed by atoms with E-state index in [0.717, 1.165) is 11.4 Å². The first-order valence-electron chi connectivity index (χ1n) is 6.24. The van der Waals surface area contributed by atoms with Crippen LogP contribution in [-0.2, 0) is 11.3 Å². The Labute approximate surface area is 115 Å². The Morgan fingerprint density at radius 2 is 2.00 bits per heavy atom. The number of hydrogen-bond donors (Lipinski definition) is 1. The molecule has 3 heterocycles. The molecule has 0 spiro atoms. The smallest absolute Gasteiger partial charge is 0.244 e.